The third kappa shape index (κ3) is 6.69. The number of aliphatic hydroxyl groups excluding tert-OH is 1. The van der Waals surface area contributed by atoms with Crippen molar-refractivity contribution in [3.8, 4) is 0 Å². The number of primary amides is 1. The predicted octanol–water partition coefficient (Wildman–Crippen LogP) is -1.83. The molecule has 7 nitrogen and oxygen atoms in total. The Morgan fingerprint density at radius 2 is 2.13 bits per heavy atom. The van der Waals surface area contributed by atoms with Crippen LogP contribution in [0.2, 0.25) is 0 Å². The van der Waals surface area contributed by atoms with Gasteiger partial charge < -0.3 is 26.2 Å². The van der Waals surface area contributed by atoms with Gasteiger partial charge in [0.05, 0.1) is 12.7 Å². The second kappa shape index (κ2) is 7.02. The van der Waals surface area contributed by atoms with E-state index in [1.807, 2.05) is 0 Å². The van der Waals surface area contributed by atoms with Crippen LogP contribution >= 0.6 is 0 Å². The lowest BCUT2D eigenvalue weighted by Gasteiger charge is -2.14. The summed E-state index contributed by atoms with van der Waals surface area (Å²) in [7, 11) is 1.45. The van der Waals surface area contributed by atoms with Crippen LogP contribution in [0.1, 0.15) is 6.92 Å². The average molecular weight is 219 g/mol. The topological polar surface area (TPSA) is 114 Å². The van der Waals surface area contributed by atoms with Gasteiger partial charge in [-0.05, 0) is 6.92 Å². The smallest absolute Gasteiger partial charge is 0.312 e. The number of rotatable bonds is 6. The molecule has 2 unspecified atom stereocenters. The summed E-state index contributed by atoms with van der Waals surface area (Å²) in [6, 6.07) is -1.49. The third-order valence-electron chi connectivity index (χ3n) is 1.62. The highest BCUT2D eigenvalue weighted by Crippen LogP contribution is 1.84. The molecular weight excluding hydrogens is 202 g/mol. The van der Waals surface area contributed by atoms with Crippen molar-refractivity contribution in [2.45, 2.75) is 19.1 Å². The first kappa shape index (κ1) is 13.7. The summed E-state index contributed by atoms with van der Waals surface area (Å²) in [5.74, 6) is -0.413. The first-order valence-electron chi connectivity index (χ1n) is 4.48. The van der Waals surface area contributed by atoms with Crippen molar-refractivity contribution >= 4 is 11.9 Å². The van der Waals surface area contributed by atoms with Crippen molar-refractivity contribution in [1.82, 2.24) is 10.6 Å². The molecule has 0 aromatic heterocycles. The summed E-state index contributed by atoms with van der Waals surface area (Å²) >= 11 is 0. The summed E-state index contributed by atoms with van der Waals surface area (Å²) in [5.41, 5.74) is 4.84. The molecule has 5 N–H and O–H groups in total. The van der Waals surface area contributed by atoms with Crippen molar-refractivity contribution in [3.63, 3.8) is 0 Å². The van der Waals surface area contributed by atoms with Gasteiger partial charge in [0.25, 0.3) is 0 Å². The zero-order chi connectivity index (χ0) is 11.8. The van der Waals surface area contributed by atoms with Gasteiger partial charge in [0.15, 0.2) is 0 Å². The molecule has 0 saturated heterocycles. The Labute approximate surface area is 88.0 Å². The Balaban J connectivity index is 3.77. The molecule has 2 atom stereocenters. The highest BCUT2D eigenvalue weighted by atomic mass is 16.5. The van der Waals surface area contributed by atoms with Crippen LogP contribution in [-0.4, -0.2) is 49.5 Å². The molecule has 0 heterocycles. The van der Waals surface area contributed by atoms with Crippen molar-refractivity contribution in [2.75, 3.05) is 20.3 Å². The third-order valence-corrected chi connectivity index (χ3v) is 1.62. The maximum absolute atomic E-state index is 11.3. The normalized spacial score (nSPS) is 14.1. The van der Waals surface area contributed by atoms with E-state index in [1.165, 1.54) is 14.0 Å². The number of urea groups is 1. The molecule has 88 valence electrons. The molecule has 0 radical (unpaired) electrons. The van der Waals surface area contributed by atoms with Crippen LogP contribution in [0.5, 0.6) is 0 Å². The highest BCUT2D eigenvalue weighted by Gasteiger charge is 2.14. The quantitative estimate of drug-likeness (QED) is 0.420. The molecule has 0 aromatic carbocycles. The minimum Gasteiger partial charge on any atom is -0.389 e. The van der Waals surface area contributed by atoms with Crippen LogP contribution in [0.4, 0.5) is 4.79 Å². The average Bonchev–Trinajstić information content (AvgIpc) is 2.13. The lowest BCUT2D eigenvalue weighted by Crippen LogP contribution is -2.48. The molecular formula is C8H17N3O4. The first-order chi connectivity index (χ1) is 6.97. The SMILES string of the molecule is COCC(O)CNC(=O)C(C)NC(N)=O. The van der Waals surface area contributed by atoms with Crippen molar-refractivity contribution in [1.29, 1.82) is 0 Å². The molecule has 0 saturated carbocycles. The van der Waals surface area contributed by atoms with E-state index in [1.54, 1.807) is 0 Å². The van der Waals surface area contributed by atoms with Gasteiger partial charge in [0, 0.05) is 13.7 Å². The van der Waals surface area contributed by atoms with E-state index in [9.17, 15) is 14.7 Å². The summed E-state index contributed by atoms with van der Waals surface area (Å²) in [4.78, 5) is 21.7. The summed E-state index contributed by atoms with van der Waals surface area (Å²) in [5, 5.41) is 13.9. The zero-order valence-electron chi connectivity index (χ0n) is 8.82. The van der Waals surface area contributed by atoms with Gasteiger partial charge >= 0.3 is 6.03 Å². The minimum absolute atomic E-state index is 0.0669. The van der Waals surface area contributed by atoms with E-state index in [0.29, 0.717) is 0 Å². The number of carbonyl (C=O) groups excluding carboxylic acids is 2. The molecule has 0 aliphatic carbocycles. The zero-order valence-corrected chi connectivity index (χ0v) is 8.82. The van der Waals surface area contributed by atoms with E-state index in [-0.39, 0.29) is 13.2 Å². The standard InChI is InChI=1S/C8H17N3O4/c1-5(11-8(9)14)7(13)10-3-6(12)4-15-2/h5-6,12H,3-4H2,1-2H3,(H,10,13)(H3,9,11,14). The molecule has 0 spiro atoms. The van der Waals surface area contributed by atoms with Crippen molar-refractivity contribution in [2.24, 2.45) is 5.73 Å². The Morgan fingerprint density at radius 3 is 2.60 bits per heavy atom. The summed E-state index contributed by atoms with van der Waals surface area (Å²) < 4.78 is 4.67. The van der Waals surface area contributed by atoms with Crippen LogP contribution < -0.4 is 16.4 Å². The predicted molar refractivity (Wildman–Crippen MR) is 53.1 cm³/mol. The Bertz CT molecular complexity index is 222. The molecule has 0 aliphatic rings. The molecule has 0 aromatic rings. The van der Waals surface area contributed by atoms with E-state index in [0.717, 1.165) is 0 Å². The van der Waals surface area contributed by atoms with Crippen molar-refractivity contribution in [3.05, 3.63) is 0 Å². The molecule has 7 heteroatoms. The number of hydrogen-bond donors (Lipinski definition) is 4. The second-order valence-corrected chi connectivity index (χ2v) is 3.08. The number of aliphatic hydroxyl groups is 1. The van der Waals surface area contributed by atoms with Crippen LogP contribution in [0.3, 0.4) is 0 Å². The number of ether oxygens (including phenoxy) is 1. The highest BCUT2D eigenvalue weighted by molar-refractivity contribution is 5.86. The maximum Gasteiger partial charge on any atom is 0.312 e. The fourth-order valence-electron chi connectivity index (χ4n) is 0.902. The molecule has 15 heavy (non-hydrogen) atoms. The number of nitrogens with one attached hydrogen (secondary N) is 2. The van der Waals surface area contributed by atoms with Gasteiger partial charge in [-0.15, -0.1) is 0 Å². The van der Waals surface area contributed by atoms with Gasteiger partial charge in [0.1, 0.15) is 6.04 Å². The number of hydrogen-bond acceptors (Lipinski definition) is 4. The van der Waals surface area contributed by atoms with E-state index in [2.05, 4.69) is 15.4 Å². The molecule has 3 amide bonds. The van der Waals surface area contributed by atoms with Crippen LogP contribution in [0.25, 0.3) is 0 Å². The van der Waals surface area contributed by atoms with Gasteiger partial charge in [-0.1, -0.05) is 0 Å². The van der Waals surface area contributed by atoms with Gasteiger partial charge in [-0.25, -0.2) is 4.79 Å². The second-order valence-electron chi connectivity index (χ2n) is 3.08. The van der Waals surface area contributed by atoms with Gasteiger partial charge in [-0.3, -0.25) is 4.79 Å². The summed E-state index contributed by atoms with van der Waals surface area (Å²) in [6.45, 7) is 1.69. The summed E-state index contributed by atoms with van der Waals surface area (Å²) in [6.07, 6.45) is -0.764. The largest absolute Gasteiger partial charge is 0.389 e. The number of methoxy groups -OCH3 is 1. The number of carbonyl (C=O) groups is 2. The molecule has 0 fully saturated rings. The van der Waals surface area contributed by atoms with Crippen LogP contribution in [0, 0.1) is 0 Å². The van der Waals surface area contributed by atoms with E-state index in [4.69, 9.17) is 5.73 Å². The van der Waals surface area contributed by atoms with Gasteiger partial charge in [-0.2, -0.15) is 0 Å². The minimum atomic E-state index is -0.768. The molecule has 0 aliphatic heterocycles. The number of amides is 3. The van der Waals surface area contributed by atoms with Gasteiger partial charge in [0.2, 0.25) is 5.91 Å². The fourth-order valence-corrected chi connectivity index (χ4v) is 0.902. The first-order valence-corrected chi connectivity index (χ1v) is 4.48. The molecule has 0 rings (SSSR count). The number of nitrogens with two attached hydrogens (primary N) is 1. The van der Waals surface area contributed by atoms with E-state index >= 15 is 0 Å². The van der Waals surface area contributed by atoms with E-state index < -0.39 is 24.1 Å². The monoisotopic (exact) mass is 219 g/mol. The maximum atomic E-state index is 11.3. The molecule has 0 bridgehead atoms. The van der Waals surface area contributed by atoms with Crippen LogP contribution in [0.15, 0.2) is 0 Å². The lowest BCUT2D eigenvalue weighted by atomic mass is 10.3. The van der Waals surface area contributed by atoms with Crippen LogP contribution in [-0.2, 0) is 9.53 Å². The Morgan fingerprint density at radius 1 is 1.53 bits per heavy atom. The fraction of sp³-hybridized carbons (Fsp3) is 0.750. The Hall–Kier alpha value is -1.34. The Kier molecular flexibility index (Phi) is 6.39. The van der Waals surface area contributed by atoms with Crippen molar-refractivity contribution < 1.29 is 19.4 Å². The lowest BCUT2D eigenvalue weighted by molar-refractivity contribution is -0.123.